The van der Waals surface area contributed by atoms with Gasteiger partial charge in [-0.15, -0.1) is 0 Å². The Hall–Kier alpha value is -2.48. The molecule has 0 spiro atoms. The molecule has 7 nitrogen and oxygen atoms in total. The summed E-state index contributed by atoms with van der Waals surface area (Å²) in [6.45, 7) is 1.84. The number of H-pyrrole nitrogens is 1. The van der Waals surface area contributed by atoms with Gasteiger partial charge in [0.15, 0.2) is 9.84 Å². The van der Waals surface area contributed by atoms with Crippen LogP contribution in [0.15, 0.2) is 34.0 Å². The van der Waals surface area contributed by atoms with Crippen molar-refractivity contribution in [2.45, 2.75) is 18.2 Å². The Kier molecular flexibility index (Phi) is 4.65. The molecule has 1 heterocycles. The topological polar surface area (TPSA) is 106 Å². The molecule has 0 aliphatic heterocycles. The van der Waals surface area contributed by atoms with Crippen LogP contribution >= 0.6 is 0 Å². The maximum atomic E-state index is 12.1. The van der Waals surface area contributed by atoms with Crippen molar-refractivity contribution in [2.24, 2.45) is 0 Å². The molecule has 0 fully saturated rings. The fourth-order valence-electron chi connectivity index (χ4n) is 2.22. The van der Waals surface area contributed by atoms with E-state index in [1.54, 1.807) is 6.07 Å². The molecule has 0 aliphatic carbocycles. The maximum Gasteiger partial charge on any atom is 0.338 e. The number of hydrogen-bond donors (Lipinski definition) is 1. The second-order valence-corrected chi connectivity index (χ2v) is 6.91. The Balaban J connectivity index is 2.82. The maximum absolute atomic E-state index is 12.1. The average molecular weight is 336 g/mol. The average Bonchev–Trinajstić information content (AvgIpc) is 2.52. The molecule has 0 amide bonds. The predicted molar refractivity (Wildman–Crippen MR) is 84.1 cm³/mol. The Morgan fingerprint density at radius 3 is 2.48 bits per heavy atom. The SMILES string of the molecule is CCc1cc(-c2ccc(=O)[nH]n2)c(S(C)(=O)=O)cc1C(=O)OC. The predicted octanol–water partition coefficient (Wildman–Crippen LogP) is 1.19. The lowest BCUT2D eigenvalue weighted by Crippen LogP contribution is -2.11. The van der Waals surface area contributed by atoms with Crippen LogP contribution in [0.25, 0.3) is 11.3 Å². The Labute approximate surface area is 133 Å². The van der Waals surface area contributed by atoms with Gasteiger partial charge in [-0.3, -0.25) is 4.79 Å². The van der Waals surface area contributed by atoms with Crippen molar-refractivity contribution in [3.05, 3.63) is 45.7 Å². The van der Waals surface area contributed by atoms with E-state index in [-0.39, 0.29) is 10.5 Å². The van der Waals surface area contributed by atoms with E-state index < -0.39 is 21.4 Å². The van der Waals surface area contributed by atoms with Crippen LogP contribution in [0.1, 0.15) is 22.8 Å². The number of sulfone groups is 1. The molecule has 0 saturated heterocycles. The van der Waals surface area contributed by atoms with Gasteiger partial charge in [0, 0.05) is 17.9 Å². The smallest absolute Gasteiger partial charge is 0.338 e. The third kappa shape index (κ3) is 3.48. The standard InChI is InChI=1S/C15H16N2O5S/c1-4-9-7-11(12-5-6-14(18)17-16-12)13(23(3,20)21)8-10(9)15(19)22-2/h5-8H,4H2,1-3H3,(H,17,18). The molecule has 1 aromatic heterocycles. The zero-order valence-electron chi connectivity index (χ0n) is 12.9. The van der Waals surface area contributed by atoms with Crippen molar-refractivity contribution < 1.29 is 17.9 Å². The van der Waals surface area contributed by atoms with Gasteiger partial charge in [0.2, 0.25) is 0 Å². The van der Waals surface area contributed by atoms with E-state index in [2.05, 4.69) is 10.2 Å². The van der Waals surface area contributed by atoms with Gasteiger partial charge in [-0.2, -0.15) is 5.10 Å². The Bertz CT molecular complexity index is 895. The van der Waals surface area contributed by atoms with Gasteiger partial charge < -0.3 is 4.74 Å². The first-order chi connectivity index (χ1) is 10.8. The first-order valence-corrected chi connectivity index (χ1v) is 8.68. The van der Waals surface area contributed by atoms with Crippen LogP contribution in [0, 0.1) is 0 Å². The molecular weight excluding hydrogens is 320 g/mol. The molecule has 8 heteroatoms. The van der Waals surface area contributed by atoms with E-state index in [0.29, 0.717) is 23.2 Å². The van der Waals surface area contributed by atoms with Crippen LogP contribution < -0.4 is 5.56 Å². The summed E-state index contributed by atoms with van der Waals surface area (Å²) in [5.74, 6) is -0.604. The molecular formula is C15H16N2O5S. The van der Waals surface area contributed by atoms with Gasteiger partial charge in [0.05, 0.1) is 23.3 Å². The molecule has 0 atom stereocenters. The van der Waals surface area contributed by atoms with E-state index in [0.717, 1.165) is 6.26 Å². The highest BCUT2D eigenvalue weighted by Crippen LogP contribution is 2.29. The molecule has 0 aliphatic rings. The molecule has 0 unspecified atom stereocenters. The minimum atomic E-state index is -3.62. The van der Waals surface area contributed by atoms with Crippen LogP contribution in [-0.4, -0.2) is 38.0 Å². The van der Waals surface area contributed by atoms with Crippen molar-refractivity contribution in [2.75, 3.05) is 13.4 Å². The third-order valence-electron chi connectivity index (χ3n) is 3.35. The summed E-state index contributed by atoms with van der Waals surface area (Å²) in [6.07, 6.45) is 1.55. The number of esters is 1. The van der Waals surface area contributed by atoms with Gasteiger partial charge in [-0.25, -0.2) is 18.3 Å². The third-order valence-corrected chi connectivity index (χ3v) is 4.48. The van der Waals surface area contributed by atoms with Crippen molar-refractivity contribution in [3.63, 3.8) is 0 Å². The van der Waals surface area contributed by atoms with Crippen LogP contribution in [0.4, 0.5) is 0 Å². The summed E-state index contributed by atoms with van der Waals surface area (Å²) in [4.78, 5) is 23.0. The molecule has 2 aromatic rings. The van der Waals surface area contributed by atoms with E-state index in [1.165, 1.54) is 25.3 Å². The molecule has 23 heavy (non-hydrogen) atoms. The molecule has 122 valence electrons. The van der Waals surface area contributed by atoms with Crippen LogP contribution in [0.3, 0.4) is 0 Å². The Morgan fingerprint density at radius 2 is 2.00 bits per heavy atom. The summed E-state index contributed by atoms with van der Waals surface area (Å²) in [5, 5.41) is 6.15. The number of rotatable bonds is 4. The minimum absolute atomic E-state index is 0.0466. The zero-order chi connectivity index (χ0) is 17.2. The number of methoxy groups -OCH3 is 1. The highest BCUT2D eigenvalue weighted by atomic mass is 32.2. The normalized spacial score (nSPS) is 11.3. The number of nitrogens with zero attached hydrogens (tertiary/aromatic N) is 1. The van der Waals surface area contributed by atoms with Crippen molar-refractivity contribution in [3.8, 4) is 11.3 Å². The fourth-order valence-corrected chi connectivity index (χ4v) is 3.11. The van der Waals surface area contributed by atoms with E-state index in [1.807, 2.05) is 6.92 Å². The molecule has 2 rings (SSSR count). The lowest BCUT2D eigenvalue weighted by atomic mass is 10.00. The van der Waals surface area contributed by atoms with Gasteiger partial charge in [-0.05, 0) is 30.2 Å². The van der Waals surface area contributed by atoms with E-state index in [4.69, 9.17) is 4.74 Å². The van der Waals surface area contributed by atoms with Crippen LogP contribution in [0.2, 0.25) is 0 Å². The quantitative estimate of drug-likeness (QED) is 0.841. The Morgan fingerprint density at radius 1 is 1.30 bits per heavy atom. The zero-order valence-corrected chi connectivity index (χ0v) is 13.7. The van der Waals surface area contributed by atoms with Gasteiger partial charge in [0.1, 0.15) is 0 Å². The fraction of sp³-hybridized carbons (Fsp3) is 0.267. The van der Waals surface area contributed by atoms with Gasteiger partial charge >= 0.3 is 5.97 Å². The first-order valence-electron chi connectivity index (χ1n) is 6.79. The number of aryl methyl sites for hydroxylation is 1. The van der Waals surface area contributed by atoms with E-state index >= 15 is 0 Å². The minimum Gasteiger partial charge on any atom is -0.465 e. The highest BCUT2D eigenvalue weighted by Gasteiger charge is 2.22. The summed E-state index contributed by atoms with van der Waals surface area (Å²) >= 11 is 0. The van der Waals surface area contributed by atoms with E-state index in [9.17, 15) is 18.0 Å². The van der Waals surface area contributed by atoms with Crippen molar-refractivity contribution in [1.82, 2.24) is 10.2 Å². The van der Waals surface area contributed by atoms with Crippen LogP contribution in [-0.2, 0) is 21.0 Å². The molecule has 0 radical (unpaired) electrons. The molecule has 0 saturated carbocycles. The molecule has 1 aromatic carbocycles. The number of hydrogen-bond acceptors (Lipinski definition) is 6. The number of aromatic nitrogens is 2. The number of carbonyl (C=O) groups is 1. The number of aromatic amines is 1. The largest absolute Gasteiger partial charge is 0.465 e. The summed E-state index contributed by atoms with van der Waals surface area (Å²) < 4.78 is 28.9. The second kappa shape index (κ2) is 6.33. The lowest BCUT2D eigenvalue weighted by molar-refractivity contribution is 0.0599. The van der Waals surface area contributed by atoms with Gasteiger partial charge in [-0.1, -0.05) is 6.92 Å². The monoisotopic (exact) mass is 336 g/mol. The summed E-state index contributed by atoms with van der Waals surface area (Å²) in [5.41, 5.74) is 1.07. The van der Waals surface area contributed by atoms with Crippen molar-refractivity contribution >= 4 is 15.8 Å². The molecule has 0 bridgehead atoms. The van der Waals surface area contributed by atoms with Gasteiger partial charge in [0.25, 0.3) is 5.56 Å². The number of benzene rings is 1. The number of ether oxygens (including phenoxy) is 1. The number of carbonyl (C=O) groups excluding carboxylic acids is 1. The lowest BCUT2D eigenvalue weighted by Gasteiger charge is -2.13. The summed E-state index contributed by atoms with van der Waals surface area (Å²) in [7, 11) is -2.39. The summed E-state index contributed by atoms with van der Waals surface area (Å²) in [6, 6.07) is 5.57. The highest BCUT2D eigenvalue weighted by molar-refractivity contribution is 7.90. The first kappa shape index (κ1) is 16.9. The number of nitrogens with one attached hydrogen (secondary N) is 1. The second-order valence-electron chi connectivity index (χ2n) is 4.93. The van der Waals surface area contributed by atoms with Crippen LogP contribution in [0.5, 0.6) is 0 Å². The van der Waals surface area contributed by atoms with Crippen molar-refractivity contribution in [1.29, 1.82) is 0 Å². The molecule has 1 N–H and O–H groups in total.